The van der Waals surface area contributed by atoms with Crippen LogP contribution in [0.5, 0.6) is 0 Å². The summed E-state index contributed by atoms with van der Waals surface area (Å²) in [5.74, 6) is -0.714. The first-order chi connectivity index (χ1) is 8.13. The predicted octanol–water partition coefficient (Wildman–Crippen LogP) is 4.01. The predicted molar refractivity (Wildman–Crippen MR) is 65.0 cm³/mol. The Morgan fingerprint density at radius 1 is 1.24 bits per heavy atom. The van der Waals surface area contributed by atoms with E-state index >= 15 is 0 Å². The third-order valence-electron chi connectivity index (χ3n) is 2.27. The normalized spacial score (nSPS) is 10.3. The van der Waals surface area contributed by atoms with Crippen LogP contribution in [-0.2, 0) is 0 Å². The van der Waals surface area contributed by atoms with Crippen LogP contribution in [-0.4, -0.2) is 11.3 Å². The van der Waals surface area contributed by atoms with Gasteiger partial charge in [0.1, 0.15) is 0 Å². The Bertz CT molecular complexity index is 587. The Morgan fingerprint density at radius 2 is 2.00 bits per heavy atom. The lowest BCUT2D eigenvalue weighted by Crippen LogP contribution is -1.93. The molecule has 0 fully saturated rings. The number of carbonyl (C=O) groups excluding carboxylic acids is 1. The monoisotopic (exact) mass is 269 g/mol. The highest BCUT2D eigenvalue weighted by molar-refractivity contribution is 6.43. The van der Waals surface area contributed by atoms with Crippen molar-refractivity contribution in [2.45, 2.75) is 0 Å². The lowest BCUT2D eigenvalue weighted by molar-refractivity contribution is 0.112. The first-order valence-electron chi connectivity index (χ1n) is 4.68. The number of carbonyl (C=O) groups is 1. The van der Waals surface area contributed by atoms with Gasteiger partial charge in [-0.3, -0.25) is 4.79 Å². The number of benzene rings is 1. The van der Waals surface area contributed by atoms with Crippen molar-refractivity contribution in [3.05, 3.63) is 52.0 Å². The van der Waals surface area contributed by atoms with E-state index in [0.29, 0.717) is 27.5 Å². The molecule has 0 aliphatic rings. The van der Waals surface area contributed by atoms with Gasteiger partial charge in [0.25, 0.3) is 0 Å². The molecule has 0 N–H and O–H groups in total. The molecule has 0 radical (unpaired) electrons. The molecule has 17 heavy (non-hydrogen) atoms. The highest BCUT2D eigenvalue weighted by Crippen LogP contribution is 2.34. The Hall–Kier alpha value is -1.45. The Balaban J connectivity index is 2.68. The van der Waals surface area contributed by atoms with Crippen LogP contribution in [0.1, 0.15) is 10.4 Å². The highest BCUT2D eigenvalue weighted by atomic mass is 35.5. The minimum Gasteiger partial charge on any atom is -0.298 e. The van der Waals surface area contributed by atoms with Crippen LogP contribution in [0.15, 0.2) is 30.5 Å². The van der Waals surface area contributed by atoms with Crippen molar-refractivity contribution in [1.29, 1.82) is 0 Å². The fourth-order valence-electron chi connectivity index (χ4n) is 1.48. The topological polar surface area (TPSA) is 30.0 Å². The van der Waals surface area contributed by atoms with Crippen molar-refractivity contribution in [2.24, 2.45) is 0 Å². The van der Waals surface area contributed by atoms with Crippen molar-refractivity contribution >= 4 is 29.5 Å². The minimum absolute atomic E-state index is 0.182. The van der Waals surface area contributed by atoms with Gasteiger partial charge in [-0.15, -0.1) is 0 Å². The van der Waals surface area contributed by atoms with Crippen molar-refractivity contribution < 1.29 is 9.18 Å². The van der Waals surface area contributed by atoms with E-state index in [9.17, 15) is 9.18 Å². The summed E-state index contributed by atoms with van der Waals surface area (Å²) in [6.07, 6.45) is 1.81. The molecule has 0 saturated heterocycles. The molecule has 2 rings (SSSR count). The molecular weight excluding hydrogens is 264 g/mol. The third-order valence-corrected chi connectivity index (χ3v) is 3.09. The fourth-order valence-corrected chi connectivity index (χ4v) is 1.88. The van der Waals surface area contributed by atoms with Crippen LogP contribution >= 0.6 is 23.2 Å². The number of halogens is 3. The largest absolute Gasteiger partial charge is 0.298 e. The molecule has 0 aliphatic heterocycles. The van der Waals surface area contributed by atoms with E-state index in [1.54, 1.807) is 18.2 Å². The van der Waals surface area contributed by atoms with E-state index in [2.05, 4.69) is 4.98 Å². The van der Waals surface area contributed by atoms with Crippen LogP contribution in [0.2, 0.25) is 10.0 Å². The van der Waals surface area contributed by atoms with Gasteiger partial charge in [-0.05, 0) is 6.07 Å². The lowest BCUT2D eigenvalue weighted by atomic mass is 10.0. The Morgan fingerprint density at radius 3 is 2.71 bits per heavy atom. The average molecular weight is 270 g/mol. The summed E-state index contributed by atoms with van der Waals surface area (Å²) in [7, 11) is 0. The maximum absolute atomic E-state index is 12.9. The fraction of sp³-hybridized carbons (Fsp3) is 0. The molecule has 0 amide bonds. The number of hydrogen-bond acceptors (Lipinski definition) is 2. The third kappa shape index (κ3) is 2.30. The van der Waals surface area contributed by atoms with E-state index in [4.69, 9.17) is 23.2 Å². The van der Waals surface area contributed by atoms with Gasteiger partial charge in [-0.25, -0.2) is 4.98 Å². The molecule has 5 heteroatoms. The first kappa shape index (κ1) is 12.0. The van der Waals surface area contributed by atoms with Gasteiger partial charge >= 0.3 is 0 Å². The standard InChI is InChI=1S/C12H6Cl2FNO/c13-10-3-1-2-8(12(10)14)9-5-16-11(15)4-7(9)6-17/h1-6H. The molecule has 1 aromatic carbocycles. The number of aromatic nitrogens is 1. The second-order valence-corrected chi connectivity index (χ2v) is 4.10. The van der Waals surface area contributed by atoms with Crippen molar-refractivity contribution in [3.8, 4) is 11.1 Å². The maximum atomic E-state index is 12.9. The van der Waals surface area contributed by atoms with E-state index in [0.717, 1.165) is 6.07 Å². The van der Waals surface area contributed by atoms with Crippen LogP contribution in [0.3, 0.4) is 0 Å². The van der Waals surface area contributed by atoms with Crippen molar-refractivity contribution in [3.63, 3.8) is 0 Å². The zero-order chi connectivity index (χ0) is 12.4. The molecule has 1 heterocycles. The number of pyridine rings is 1. The number of nitrogens with zero attached hydrogens (tertiary/aromatic N) is 1. The van der Waals surface area contributed by atoms with Gasteiger partial charge < -0.3 is 0 Å². The van der Waals surface area contributed by atoms with Gasteiger partial charge in [-0.2, -0.15) is 4.39 Å². The molecule has 0 saturated carbocycles. The zero-order valence-electron chi connectivity index (χ0n) is 8.45. The van der Waals surface area contributed by atoms with E-state index in [1.165, 1.54) is 6.20 Å². The molecule has 0 atom stereocenters. The van der Waals surface area contributed by atoms with Gasteiger partial charge in [0.15, 0.2) is 6.29 Å². The quantitative estimate of drug-likeness (QED) is 0.609. The summed E-state index contributed by atoms with van der Waals surface area (Å²) >= 11 is 11.9. The molecule has 86 valence electrons. The second-order valence-electron chi connectivity index (χ2n) is 3.31. The molecule has 0 bridgehead atoms. The van der Waals surface area contributed by atoms with Crippen molar-refractivity contribution in [1.82, 2.24) is 4.98 Å². The number of hydrogen-bond donors (Lipinski definition) is 0. The molecule has 2 nitrogen and oxygen atoms in total. The minimum atomic E-state index is -0.714. The molecular formula is C12H6Cl2FNO. The smallest absolute Gasteiger partial charge is 0.213 e. The Kier molecular flexibility index (Phi) is 3.41. The van der Waals surface area contributed by atoms with Crippen molar-refractivity contribution in [2.75, 3.05) is 0 Å². The number of aldehydes is 1. The van der Waals surface area contributed by atoms with Crippen LogP contribution in [0.25, 0.3) is 11.1 Å². The van der Waals surface area contributed by atoms with Crippen LogP contribution in [0.4, 0.5) is 4.39 Å². The average Bonchev–Trinajstić information content (AvgIpc) is 2.33. The summed E-state index contributed by atoms with van der Waals surface area (Å²) in [6.45, 7) is 0. The summed E-state index contributed by atoms with van der Waals surface area (Å²) in [4.78, 5) is 14.4. The van der Waals surface area contributed by atoms with Crippen LogP contribution in [0, 0.1) is 5.95 Å². The first-order valence-corrected chi connectivity index (χ1v) is 5.44. The van der Waals surface area contributed by atoms with Gasteiger partial charge in [0.05, 0.1) is 10.0 Å². The highest BCUT2D eigenvalue weighted by Gasteiger charge is 2.12. The lowest BCUT2D eigenvalue weighted by Gasteiger charge is -2.07. The molecule has 0 aliphatic carbocycles. The molecule has 0 spiro atoms. The van der Waals surface area contributed by atoms with E-state index in [-0.39, 0.29) is 5.56 Å². The van der Waals surface area contributed by atoms with Gasteiger partial charge in [0.2, 0.25) is 5.95 Å². The molecule has 2 aromatic rings. The second kappa shape index (κ2) is 4.82. The SMILES string of the molecule is O=Cc1cc(F)ncc1-c1cccc(Cl)c1Cl. The van der Waals surface area contributed by atoms with Crippen LogP contribution < -0.4 is 0 Å². The molecule has 1 aromatic heterocycles. The van der Waals surface area contributed by atoms with E-state index < -0.39 is 5.95 Å². The number of rotatable bonds is 2. The Labute approximate surface area is 107 Å². The van der Waals surface area contributed by atoms with Gasteiger partial charge in [0, 0.05) is 29.0 Å². The van der Waals surface area contributed by atoms with E-state index in [1.807, 2.05) is 0 Å². The summed E-state index contributed by atoms with van der Waals surface area (Å²) in [5.41, 5.74) is 1.18. The maximum Gasteiger partial charge on any atom is 0.213 e. The summed E-state index contributed by atoms with van der Waals surface area (Å²) < 4.78 is 12.9. The summed E-state index contributed by atoms with van der Waals surface area (Å²) in [6, 6.07) is 6.07. The van der Waals surface area contributed by atoms with Gasteiger partial charge in [-0.1, -0.05) is 35.3 Å². The summed E-state index contributed by atoms with van der Waals surface area (Å²) in [5, 5.41) is 0.677. The zero-order valence-corrected chi connectivity index (χ0v) is 9.97. The molecule has 0 unspecified atom stereocenters.